The quantitative estimate of drug-likeness (QED) is 0.351. The molecule has 196 valence electrons. The maximum absolute atomic E-state index is 14.9. The number of rotatable bonds is 7. The molecule has 0 spiro atoms. The number of hydrogen-bond donors (Lipinski definition) is 2. The van der Waals surface area contributed by atoms with Crippen molar-refractivity contribution in [1.82, 2.24) is 9.55 Å². The van der Waals surface area contributed by atoms with Gasteiger partial charge in [-0.3, -0.25) is 9.59 Å². The van der Waals surface area contributed by atoms with Crippen LogP contribution in [0.25, 0.3) is 11.3 Å². The average molecular weight is 539 g/mol. The van der Waals surface area contributed by atoms with Crippen LogP contribution in [0.3, 0.4) is 0 Å². The fourth-order valence-electron chi connectivity index (χ4n) is 4.03. The SMILES string of the molecule is CC(=O)Nc1cccc(Cn2cc(C(=O)Nc3ccc(S(C)(=O)=O)cc3)c(C)c2-c2ccc(F)cc2F)n1. The molecular formula is C27H24F2N4O4S. The Bertz CT molecular complexity index is 1650. The van der Waals surface area contributed by atoms with Gasteiger partial charge in [-0.15, -0.1) is 0 Å². The van der Waals surface area contributed by atoms with Crippen molar-refractivity contribution >= 4 is 33.2 Å². The van der Waals surface area contributed by atoms with Gasteiger partial charge in [-0.05, 0) is 61.0 Å². The third-order valence-corrected chi connectivity index (χ3v) is 6.87. The highest BCUT2D eigenvalue weighted by Gasteiger charge is 2.22. The Labute approximate surface area is 218 Å². The first-order valence-electron chi connectivity index (χ1n) is 11.4. The van der Waals surface area contributed by atoms with E-state index in [9.17, 15) is 26.8 Å². The fourth-order valence-corrected chi connectivity index (χ4v) is 4.66. The minimum Gasteiger partial charge on any atom is -0.340 e. The van der Waals surface area contributed by atoms with Gasteiger partial charge in [0.25, 0.3) is 5.91 Å². The van der Waals surface area contributed by atoms with E-state index >= 15 is 0 Å². The van der Waals surface area contributed by atoms with Crippen LogP contribution in [-0.4, -0.2) is 36.0 Å². The molecule has 0 aliphatic rings. The van der Waals surface area contributed by atoms with E-state index in [1.165, 1.54) is 37.3 Å². The van der Waals surface area contributed by atoms with Crippen LogP contribution in [0.4, 0.5) is 20.3 Å². The summed E-state index contributed by atoms with van der Waals surface area (Å²) in [6.45, 7) is 3.13. The minimum absolute atomic E-state index is 0.0958. The van der Waals surface area contributed by atoms with E-state index in [1.807, 2.05) is 0 Å². The monoisotopic (exact) mass is 538 g/mol. The van der Waals surface area contributed by atoms with Gasteiger partial charge in [0, 0.05) is 36.7 Å². The molecule has 0 bridgehead atoms. The topological polar surface area (TPSA) is 110 Å². The summed E-state index contributed by atoms with van der Waals surface area (Å²) in [7, 11) is -3.39. The zero-order valence-corrected chi connectivity index (χ0v) is 21.6. The highest BCUT2D eigenvalue weighted by Crippen LogP contribution is 2.32. The highest BCUT2D eigenvalue weighted by molar-refractivity contribution is 7.90. The largest absolute Gasteiger partial charge is 0.340 e. The molecule has 8 nitrogen and oxygen atoms in total. The van der Waals surface area contributed by atoms with Crippen molar-refractivity contribution in [2.24, 2.45) is 0 Å². The van der Waals surface area contributed by atoms with Crippen molar-refractivity contribution in [2.45, 2.75) is 25.3 Å². The predicted octanol–water partition coefficient (Wildman–Crippen LogP) is 4.80. The van der Waals surface area contributed by atoms with Gasteiger partial charge >= 0.3 is 0 Å². The van der Waals surface area contributed by atoms with Gasteiger partial charge < -0.3 is 15.2 Å². The summed E-state index contributed by atoms with van der Waals surface area (Å²) in [4.78, 5) is 29.2. The number of carbonyl (C=O) groups is 2. The van der Waals surface area contributed by atoms with Crippen molar-refractivity contribution in [3.63, 3.8) is 0 Å². The van der Waals surface area contributed by atoms with E-state index in [-0.39, 0.29) is 28.5 Å². The van der Waals surface area contributed by atoms with Gasteiger partial charge in [0.15, 0.2) is 9.84 Å². The Kier molecular flexibility index (Phi) is 7.40. The van der Waals surface area contributed by atoms with Crippen molar-refractivity contribution in [1.29, 1.82) is 0 Å². The minimum atomic E-state index is -3.39. The van der Waals surface area contributed by atoms with Gasteiger partial charge in [-0.1, -0.05) is 6.07 Å². The van der Waals surface area contributed by atoms with E-state index in [0.717, 1.165) is 18.4 Å². The second kappa shape index (κ2) is 10.5. The molecule has 4 aromatic rings. The molecule has 2 aromatic carbocycles. The van der Waals surface area contributed by atoms with Crippen molar-refractivity contribution in [2.75, 3.05) is 16.9 Å². The zero-order valence-electron chi connectivity index (χ0n) is 20.7. The number of halogens is 2. The van der Waals surface area contributed by atoms with E-state index < -0.39 is 27.4 Å². The number of pyridine rings is 1. The summed E-state index contributed by atoms with van der Waals surface area (Å²) in [6.07, 6.45) is 2.63. The summed E-state index contributed by atoms with van der Waals surface area (Å²) < 4.78 is 53.6. The van der Waals surface area contributed by atoms with E-state index in [0.29, 0.717) is 28.5 Å². The maximum atomic E-state index is 14.9. The molecule has 4 rings (SSSR count). The molecular weight excluding hydrogens is 514 g/mol. The molecule has 0 radical (unpaired) electrons. The Morgan fingerprint density at radius 3 is 2.34 bits per heavy atom. The lowest BCUT2D eigenvalue weighted by Crippen LogP contribution is -2.12. The van der Waals surface area contributed by atoms with E-state index in [1.54, 1.807) is 35.9 Å². The summed E-state index contributed by atoms with van der Waals surface area (Å²) in [5.74, 6) is -1.98. The van der Waals surface area contributed by atoms with Gasteiger partial charge in [0.2, 0.25) is 5.91 Å². The molecule has 2 N–H and O–H groups in total. The Morgan fingerprint density at radius 2 is 1.71 bits per heavy atom. The number of hydrogen-bond acceptors (Lipinski definition) is 5. The van der Waals surface area contributed by atoms with Crippen LogP contribution in [0.5, 0.6) is 0 Å². The van der Waals surface area contributed by atoms with Crippen LogP contribution in [0.2, 0.25) is 0 Å². The Morgan fingerprint density at radius 1 is 1.00 bits per heavy atom. The number of amides is 2. The van der Waals surface area contributed by atoms with Crippen LogP contribution >= 0.6 is 0 Å². The number of benzene rings is 2. The summed E-state index contributed by atoms with van der Waals surface area (Å²) in [5.41, 5.74) is 2.02. The van der Waals surface area contributed by atoms with Crippen LogP contribution < -0.4 is 10.6 Å². The summed E-state index contributed by atoms with van der Waals surface area (Å²) in [6, 6.07) is 14.0. The first kappa shape index (κ1) is 26.7. The number of carbonyl (C=O) groups excluding carboxylic acids is 2. The van der Waals surface area contributed by atoms with Gasteiger partial charge in [0.1, 0.15) is 17.5 Å². The molecule has 2 aromatic heterocycles. The number of nitrogens with zero attached hydrogens (tertiary/aromatic N) is 2. The molecule has 0 aliphatic heterocycles. The normalized spacial score (nSPS) is 11.3. The van der Waals surface area contributed by atoms with Crippen molar-refractivity contribution < 1.29 is 26.8 Å². The molecule has 2 heterocycles. The van der Waals surface area contributed by atoms with Crippen LogP contribution in [0.15, 0.2) is 71.8 Å². The molecule has 38 heavy (non-hydrogen) atoms. The third-order valence-electron chi connectivity index (χ3n) is 5.75. The summed E-state index contributed by atoms with van der Waals surface area (Å²) >= 11 is 0. The molecule has 0 unspecified atom stereocenters. The molecule has 0 saturated heterocycles. The van der Waals surface area contributed by atoms with Gasteiger partial charge in [0.05, 0.1) is 28.4 Å². The van der Waals surface area contributed by atoms with Crippen LogP contribution in [-0.2, 0) is 21.2 Å². The number of nitrogens with one attached hydrogen (secondary N) is 2. The van der Waals surface area contributed by atoms with Crippen molar-refractivity contribution in [3.05, 3.63) is 95.3 Å². The van der Waals surface area contributed by atoms with Crippen LogP contribution in [0, 0.1) is 18.6 Å². The van der Waals surface area contributed by atoms with Crippen molar-refractivity contribution in [3.8, 4) is 11.3 Å². The lowest BCUT2D eigenvalue weighted by Gasteiger charge is -2.12. The molecule has 0 saturated carbocycles. The summed E-state index contributed by atoms with van der Waals surface area (Å²) in [5, 5.41) is 5.33. The van der Waals surface area contributed by atoms with E-state index in [2.05, 4.69) is 15.6 Å². The molecule has 0 aliphatic carbocycles. The first-order valence-corrected chi connectivity index (χ1v) is 13.3. The number of aromatic nitrogens is 2. The Hall–Kier alpha value is -4.38. The lowest BCUT2D eigenvalue weighted by molar-refractivity contribution is -0.114. The molecule has 2 amide bonds. The molecule has 11 heteroatoms. The second-order valence-corrected chi connectivity index (χ2v) is 10.7. The van der Waals surface area contributed by atoms with Gasteiger partial charge in [-0.25, -0.2) is 22.2 Å². The Balaban J connectivity index is 1.73. The number of anilines is 2. The fraction of sp³-hybridized carbons (Fsp3) is 0.148. The molecule has 0 fully saturated rings. The molecule has 0 atom stereocenters. The van der Waals surface area contributed by atoms with Crippen LogP contribution in [0.1, 0.15) is 28.5 Å². The maximum Gasteiger partial charge on any atom is 0.257 e. The standard InChI is InChI=1S/C27H24F2N4O4S/c1-16-23(27(35)32-19-8-10-21(11-9-19)38(3,36)37)15-33(26(16)22-12-7-18(28)13-24(22)29)14-20-5-4-6-25(31-20)30-17(2)34/h4-13,15H,14H2,1-3H3,(H,32,35)(H,30,31,34). The third kappa shape index (κ3) is 5.94. The van der Waals surface area contributed by atoms with Gasteiger partial charge in [-0.2, -0.15) is 0 Å². The highest BCUT2D eigenvalue weighted by atomic mass is 32.2. The number of sulfone groups is 1. The van der Waals surface area contributed by atoms with E-state index in [4.69, 9.17) is 0 Å². The second-order valence-electron chi connectivity index (χ2n) is 8.71. The lowest BCUT2D eigenvalue weighted by atomic mass is 10.0. The first-order chi connectivity index (χ1) is 17.9. The smallest absolute Gasteiger partial charge is 0.257 e. The predicted molar refractivity (Wildman–Crippen MR) is 140 cm³/mol. The zero-order chi connectivity index (χ0) is 27.6. The average Bonchev–Trinajstić information content (AvgIpc) is 3.14.